The first-order valence-corrected chi connectivity index (χ1v) is 15.9. The molecule has 0 saturated carbocycles. The van der Waals surface area contributed by atoms with E-state index in [0.717, 1.165) is 29.9 Å². The number of aromatic nitrogens is 3. The van der Waals surface area contributed by atoms with Crippen molar-refractivity contribution < 1.29 is 42.5 Å². The predicted molar refractivity (Wildman–Crippen MR) is 153 cm³/mol. The van der Waals surface area contributed by atoms with E-state index in [1.54, 1.807) is 0 Å². The zero-order chi connectivity index (χ0) is 29.8. The van der Waals surface area contributed by atoms with E-state index in [4.69, 9.17) is 30.2 Å². The number of aryl methyl sites for hydroxylation is 1. The molecule has 0 radical (unpaired) electrons. The zero-order valence-electron chi connectivity index (χ0n) is 22.3. The molecule has 4 aromatic rings. The summed E-state index contributed by atoms with van der Waals surface area (Å²) in [5, 5.41) is 0.746. The van der Waals surface area contributed by atoms with E-state index >= 15 is 0 Å². The summed E-state index contributed by atoms with van der Waals surface area (Å²) in [5.74, 6) is 0.459. The Balaban J connectivity index is 1.87. The molecule has 222 valence electrons. The van der Waals surface area contributed by atoms with Crippen molar-refractivity contribution in [1.82, 2.24) is 14.5 Å². The summed E-state index contributed by atoms with van der Waals surface area (Å²) < 4.78 is 40.1. The first-order valence-electron chi connectivity index (χ1n) is 12.9. The molecule has 8 N–H and O–H groups in total. The van der Waals surface area contributed by atoms with Crippen molar-refractivity contribution in [2.75, 3.05) is 25.5 Å². The fraction of sp³-hybridized carbons (Fsp3) is 0.360. The minimum Gasteiger partial charge on any atom is -0.404 e. The van der Waals surface area contributed by atoms with Gasteiger partial charge >= 0.3 is 15.6 Å². The number of pyridine rings is 1. The molecule has 2 aromatic carbocycles. The van der Waals surface area contributed by atoms with Crippen LogP contribution in [0.25, 0.3) is 21.9 Å². The quantitative estimate of drug-likeness (QED) is 0.0894. The number of nitrogens with zero attached hydrogens (tertiary/aromatic N) is 3. The molecule has 4 rings (SSSR count). The maximum absolute atomic E-state index is 11.7. The third-order valence-corrected chi connectivity index (χ3v) is 7.08. The summed E-state index contributed by atoms with van der Waals surface area (Å²) >= 11 is 0. The van der Waals surface area contributed by atoms with Gasteiger partial charge < -0.3 is 29.8 Å². The van der Waals surface area contributed by atoms with E-state index in [-0.39, 0.29) is 29.4 Å². The number of anilines is 1. The molecule has 41 heavy (non-hydrogen) atoms. The van der Waals surface area contributed by atoms with Crippen LogP contribution in [0.5, 0.6) is 11.5 Å². The van der Waals surface area contributed by atoms with Crippen LogP contribution in [-0.2, 0) is 33.3 Å². The standard InChI is InChI=1S/C25H33N5O9P2/c1-2-3-4-22-29-23-24(19-7-5-16(9-11-37-12-10-26)13-20(19)28-25(23)27)30(22)15-17-14-18(38-40(31,32)33)6-8-21(17)39-41(34,35)36/h5-8,13-14H,2-4,9-12,15,26H2,1H3,(H2,27,28)(H2,31,32,33)(H2,34,35,36). The third kappa shape index (κ3) is 8.03. The van der Waals surface area contributed by atoms with Gasteiger partial charge in [-0.3, -0.25) is 19.6 Å². The number of ether oxygens (including phenoxy) is 1. The van der Waals surface area contributed by atoms with Crippen LogP contribution in [0.2, 0.25) is 0 Å². The topological polar surface area (TPSA) is 225 Å². The van der Waals surface area contributed by atoms with Gasteiger partial charge in [0.1, 0.15) is 22.8 Å². The Bertz CT molecular complexity index is 1630. The molecule has 2 heterocycles. The number of hydrogen-bond acceptors (Lipinski definition) is 9. The zero-order valence-corrected chi connectivity index (χ0v) is 24.1. The van der Waals surface area contributed by atoms with Gasteiger partial charge in [0.05, 0.1) is 30.8 Å². The number of nitrogen functional groups attached to an aromatic ring is 1. The first-order chi connectivity index (χ1) is 19.4. The Labute approximate surface area is 235 Å². The van der Waals surface area contributed by atoms with Gasteiger partial charge in [-0.25, -0.2) is 19.1 Å². The first kappa shape index (κ1) is 30.9. The van der Waals surface area contributed by atoms with Crippen molar-refractivity contribution in [2.45, 2.75) is 39.2 Å². The lowest BCUT2D eigenvalue weighted by Gasteiger charge is -2.17. The number of unbranched alkanes of at least 4 members (excludes halogenated alkanes) is 1. The SMILES string of the molecule is CCCCc1nc2c(N)nc3cc(CCOCCN)ccc3c2n1Cc1cc(OP(=O)(O)O)ccc1OP(=O)(O)O. The van der Waals surface area contributed by atoms with Crippen LogP contribution in [0.15, 0.2) is 36.4 Å². The van der Waals surface area contributed by atoms with Gasteiger partial charge in [-0.1, -0.05) is 25.5 Å². The minimum atomic E-state index is -4.97. The molecule has 0 aliphatic heterocycles. The van der Waals surface area contributed by atoms with Crippen molar-refractivity contribution in [3.05, 3.63) is 53.3 Å². The van der Waals surface area contributed by atoms with Crippen LogP contribution in [0.3, 0.4) is 0 Å². The molecule has 0 unspecified atom stereocenters. The molecular weight excluding hydrogens is 576 g/mol. The summed E-state index contributed by atoms with van der Waals surface area (Å²) in [7, 11) is -9.88. The van der Waals surface area contributed by atoms with E-state index in [1.165, 1.54) is 12.1 Å². The molecule has 0 spiro atoms. The average Bonchev–Trinajstić information content (AvgIpc) is 3.24. The second-order valence-electron chi connectivity index (χ2n) is 9.35. The Morgan fingerprint density at radius 3 is 2.39 bits per heavy atom. The molecule has 0 saturated heterocycles. The second-order valence-corrected chi connectivity index (χ2v) is 11.7. The van der Waals surface area contributed by atoms with E-state index in [0.29, 0.717) is 55.0 Å². The number of imidazole rings is 1. The number of benzene rings is 2. The van der Waals surface area contributed by atoms with Crippen LogP contribution < -0.4 is 20.5 Å². The monoisotopic (exact) mass is 609 g/mol. The Kier molecular flexibility index (Phi) is 9.68. The van der Waals surface area contributed by atoms with Crippen LogP contribution in [0.1, 0.15) is 36.7 Å². The Morgan fingerprint density at radius 2 is 1.71 bits per heavy atom. The average molecular weight is 610 g/mol. The molecule has 0 aliphatic carbocycles. The van der Waals surface area contributed by atoms with Crippen molar-refractivity contribution in [3.63, 3.8) is 0 Å². The summed E-state index contributed by atoms with van der Waals surface area (Å²) in [6.45, 7) is 3.40. The maximum Gasteiger partial charge on any atom is 0.524 e. The predicted octanol–water partition coefficient (Wildman–Crippen LogP) is 3.02. The normalized spacial score (nSPS) is 12.3. The van der Waals surface area contributed by atoms with Gasteiger partial charge in [-0.15, -0.1) is 0 Å². The van der Waals surface area contributed by atoms with Crippen molar-refractivity contribution in [2.24, 2.45) is 5.73 Å². The molecule has 0 bridgehead atoms. The third-order valence-electron chi connectivity index (χ3n) is 6.20. The summed E-state index contributed by atoms with van der Waals surface area (Å²) in [5.41, 5.74) is 14.8. The van der Waals surface area contributed by atoms with Gasteiger partial charge in [0, 0.05) is 23.9 Å². The van der Waals surface area contributed by atoms with Gasteiger partial charge in [0.2, 0.25) is 0 Å². The van der Waals surface area contributed by atoms with Crippen LogP contribution in [0, 0.1) is 0 Å². The van der Waals surface area contributed by atoms with E-state index in [9.17, 15) is 28.7 Å². The fourth-order valence-corrected chi connectivity index (χ4v) is 5.31. The second kappa shape index (κ2) is 12.8. The van der Waals surface area contributed by atoms with Gasteiger partial charge in [-0.2, -0.15) is 0 Å². The smallest absolute Gasteiger partial charge is 0.404 e. The highest BCUT2D eigenvalue weighted by Gasteiger charge is 2.24. The molecule has 0 fully saturated rings. The molecule has 0 aliphatic rings. The maximum atomic E-state index is 11.7. The highest BCUT2D eigenvalue weighted by molar-refractivity contribution is 7.47. The van der Waals surface area contributed by atoms with Crippen LogP contribution in [-0.4, -0.2) is 53.9 Å². The molecular formula is C25H33N5O9P2. The number of phosphoric ester groups is 2. The summed E-state index contributed by atoms with van der Waals surface area (Å²) in [4.78, 5) is 46.9. The molecule has 16 heteroatoms. The summed E-state index contributed by atoms with van der Waals surface area (Å²) in [6.07, 6.45) is 2.89. The lowest BCUT2D eigenvalue weighted by molar-refractivity contribution is 0.145. The number of rotatable bonds is 14. The highest BCUT2D eigenvalue weighted by atomic mass is 31.2. The van der Waals surface area contributed by atoms with Gasteiger partial charge in [0.15, 0.2) is 5.82 Å². The minimum absolute atomic E-state index is 0.0313. The number of nitrogens with two attached hydrogens (primary N) is 2. The number of fused-ring (bicyclic) bond motifs is 3. The molecule has 14 nitrogen and oxygen atoms in total. The molecule has 0 amide bonds. The highest BCUT2D eigenvalue weighted by Crippen LogP contribution is 2.43. The molecule has 0 atom stereocenters. The largest absolute Gasteiger partial charge is 0.524 e. The van der Waals surface area contributed by atoms with Gasteiger partial charge in [0.25, 0.3) is 0 Å². The Morgan fingerprint density at radius 1 is 0.951 bits per heavy atom. The van der Waals surface area contributed by atoms with Crippen molar-refractivity contribution in [3.8, 4) is 11.5 Å². The van der Waals surface area contributed by atoms with E-state index in [2.05, 4.69) is 4.98 Å². The number of hydrogen-bond donors (Lipinski definition) is 6. The van der Waals surface area contributed by atoms with Crippen LogP contribution >= 0.6 is 15.6 Å². The lowest BCUT2D eigenvalue weighted by Crippen LogP contribution is -2.10. The van der Waals surface area contributed by atoms with Gasteiger partial charge in [-0.05, 0) is 42.7 Å². The summed E-state index contributed by atoms with van der Waals surface area (Å²) in [6, 6.07) is 9.35. The fourth-order valence-electron chi connectivity index (χ4n) is 4.49. The van der Waals surface area contributed by atoms with E-state index in [1.807, 2.05) is 29.7 Å². The van der Waals surface area contributed by atoms with Crippen molar-refractivity contribution in [1.29, 1.82) is 0 Å². The van der Waals surface area contributed by atoms with Crippen molar-refractivity contribution >= 4 is 43.4 Å². The van der Waals surface area contributed by atoms with E-state index < -0.39 is 15.6 Å². The Hall–Kier alpha value is -3.06. The number of phosphoric acid groups is 2. The van der Waals surface area contributed by atoms with Crippen LogP contribution in [0.4, 0.5) is 5.82 Å². The molecule has 2 aromatic heterocycles. The lowest BCUT2D eigenvalue weighted by atomic mass is 10.1.